The van der Waals surface area contributed by atoms with Crippen LogP contribution in [0.1, 0.15) is 28.8 Å². The molecule has 4 nitrogen and oxygen atoms in total. The van der Waals surface area contributed by atoms with E-state index in [2.05, 4.69) is 5.32 Å². The molecule has 0 spiro atoms. The molecule has 0 unspecified atom stereocenters. The highest BCUT2D eigenvalue weighted by Gasteiger charge is 2.47. The third-order valence-corrected chi connectivity index (χ3v) is 5.82. The third-order valence-electron chi connectivity index (χ3n) is 5.09. The Morgan fingerprint density at radius 2 is 2.00 bits per heavy atom. The van der Waals surface area contributed by atoms with Crippen molar-refractivity contribution in [2.75, 3.05) is 6.54 Å². The van der Waals surface area contributed by atoms with Gasteiger partial charge in [0.05, 0.1) is 12.5 Å². The number of carbonyl (C=O) groups is 2. The highest BCUT2D eigenvalue weighted by atomic mass is 32.1. The zero-order valence-electron chi connectivity index (χ0n) is 13.4. The maximum absolute atomic E-state index is 12.6. The summed E-state index contributed by atoms with van der Waals surface area (Å²) in [6, 6.07) is 11.5. The van der Waals surface area contributed by atoms with E-state index in [-0.39, 0.29) is 23.9 Å². The molecule has 2 fully saturated rings. The van der Waals surface area contributed by atoms with Gasteiger partial charge in [-0.2, -0.15) is 11.3 Å². The van der Waals surface area contributed by atoms with Crippen molar-refractivity contribution in [2.45, 2.75) is 31.3 Å². The zero-order valence-corrected chi connectivity index (χ0v) is 14.2. The minimum absolute atomic E-state index is 0.0432. The molecule has 1 saturated carbocycles. The predicted octanol–water partition coefficient (Wildman–Crippen LogP) is 2.71. The number of nitrogens with zero attached hydrogens (tertiary/aromatic N) is 1. The van der Waals surface area contributed by atoms with E-state index in [1.165, 1.54) is 0 Å². The van der Waals surface area contributed by atoms with Gasteiger partial charge < -0.3 is 10.2 Å². The van der Waals surface area contributed by atoms with Crippen LogP contribution in [0.2, 0.25) is 0 Å². The zero-order chi connectivity index (χ0) is 16.5. The molecule has 0 radical (unpaired) electrons. The fourth-order valence-electron chi connectivity index (χ4n) is 3.98. The fraction of sp³-hybridized carbons (Fsp3) is 0.368. The number of benzene rings is 1. The summed E-state index contributed by atoms with van der Waals surface area (Å²) in [6.07, 6.45) is 2.45. The topological polar surface area (TPSA) is 49.4 Å². The highest BCUT2D eigenvalue weighted by molar-refractivity contribution is 7.08. The van der Waals surface area contributed by atoms with Gasteiger partial charge in [0.15, 0.2) is 0 Å². The van der Waals surface area contributed by atoms with Crippen LogP contribution in [-0.4, -0.2) is 35.3 Å². The highest BCUT2D eigenvalue weighted by Crippen LogP contribution is 2.38. The second-order valence-electron chi connectivity index (χ2n) is 6.71. The average molecular weight is 340 g/mol. The lowest BCUT2D eigenvalue weighted by molar-refractivity contribution is -0.132. The van der Waals surface area contributed by atoms with Crippen molar-refractivity contribution >= 4 is 23.2 Å². The SMILES string of the molecule is O=C(N[C@H]1C[C@@H]2C[C@H]1N(C(=O)Cc1ccsc1)C2)c1ccccc1. The van der Waals surface area contributed by atoms with Gasteiger partial charge in [-0.15, -0.1) is 0 Å². The van der Waals surface area contributed by atoms with Crippen molar-refractivity contribution in [3.8, 4) is 0 Å². The molecule has 2 heterocycles. The van der Waals surface area contributed by atoms with Crippen LogP contribution < -0.4 is 5.32 Å². The molecule has 1 aliphatic heterocycles. The van der Waals surface area contributed by atoms with Gasteiger partial charge in [0.25, 0.3) is 5.91 Å². The molecule has 5 heteroatoms. The van der Waals surface area contributed by atoms with Gasteiger partial charge in [-0.1, -0.05) is 18.2 Å². The van der Waals surface area contributed by atoms with E-state index in [9.17, 15) is 9.59 Å². The monoisotopic (exact) mass is 340 g/mol. The third kappa shape index (κ3) is 2.96. The maximum Gasteiger partial charge on any atom is 0.251 e. The molecular formula is C19H20N2O2S. The Hall–Kier alpha value is -2.14. The molecule has 1 aliphatic carbocycles. The summed E-state index contributed by atoms with van der Waals surface area (Å²) in [4.78, 5) is 27.0. The van der Waals surface area contributed by atoms with E-state index in [0.29, 0.717) is 17.9 Å². The van der Waals surface area contributed by atoms with Crippen molar-refractivity contribution in [3.63, 3.8) is 0 Å². The van der Waals surface area contributed by atoms with Gasteiger partial charge in [0.2, 0.25) is 5.91 Å². The molecule has 2 aliphatic rings. The molecule has 4 rings (SSSR count). The van der Waals surface area contributed by atoms with Gasteiger partial charge in [-0.3, -0.25) is 9.59 Å². The van der Waals surface area contributed by atoms with Crippen LogP contribution in [-0.2, 0) is 11.2 Å². The van der Waals surface area contributed by atoms with Gasteiger partial charge in [-0.25, -0.2) is 0 Å². The average Bonchev–Trinajstić information content (AvgIpc) is 3.32. The number of hydrogen-bond donors (Lipinski definition) is 1. The minimum atomic E-state index is -0.0432. The first-order chi connectivity index (χ1) is 11.7. The van der Waals surface area contributed by atoms with Gasteiger partial charge in [-0.05, 0) is 53.3 Å². The fourth-order valence-corrected chi connectivity index (χ4v) is 4.65. The van der Waals surface area contributed by atoms with Gasteiger partial charge in [0, 0.05) is 18.2 Å². The second kappa shape index (κ2) is 6.40. The smallest absolute Gasteiger partial charge is 0.251 e. The number of amides is 2. The standard InChI is InChI=1S/C19H20N2O2S/c22-18(10-13-6-7-24-12-13)21-11-14-8-16(17(21)9-14)20-19(23)15-4-2-1-3-5-15/h1-7,12,14,16-17H,8-11H2,(H,20,23)/t14-,16+,17-/m1/s1. The number of piperidine rings is 1. The Morgan fingerprint density at radius 1 is 1.17 bits per heavy atom. The lowest BCUT2D eigenvalue weighted by Crippen LogP contribution is -2.52. The van der Waals surface area contributed by atoms with E-state index >= 15 is 0 Å². The van der Waals surface area contributed by atoms with Crippen molar-refractivity contribution in [2.24, 2.45) is 5.92 Å². The molecule has 24 heavy (non-hydrogen) atoms. The van der Waals surface area contributed by atoms with Crippen LogP contribution in [0.4, 0.5) is 0 Å². The second-order valence-corrected chi connectivity index (χ2v) is 7.49. The molecular weight excluding hydrogens is 320 g/mol. The normalized spacial score (nSPS) is 25.0. The van der Waals surface area contributed by atoms with Crippen LogP contribution >= 0.6 is 11.3 Å². The summed E-state index contributed by atoms with van der Waals surface area (Å²) in [5.74, 6) is 0.653. The summed E-state index contributed by atoms with van der Waals surface area (Å²) >= 11 is 1.62. The Labute approximate surface area is 145 Å². The molecule has 1 aromatic heterocycles. The van der Waals surface area contributed by atoms with E-state index in [0.717, 1.165) is 24.9 Å². The number of thiophene rings is 1. The molecule has 1 N–H and O–H groups in total. The van der Waals surface area contributed by atoms with Crippen molar-refractivity contribution in [1.29, 1.82) is 0 Å². The van der Waals surface area contributed by atoms with E-state index in [1.54, 1.807) is 11.3 Å². The number of nitrogens with one attached hydrogen (secondary N) is 1. The maximum atomic E-state index is 12.6. The molecule has 2 aromatic rings. The largest absolute Gasteiger partial charge is 0.347 e. The van der Waals surface area contributed by atoms with Gasteiger partial charge >= 0.3 is 0 Å². The molecule has 3 atom stereocenters. The number of likely N-dealkylation sites (tertiary alicyclic amines) is 1. The Bertz CT molecular complexity index is 729. The molecule has 2 bridgehead atoms. The summed E-state index contributed by atoms with van der Waals surface area (Å²) in [6.45, 7) is 0.839. The number of carbonyl (C=O) groups excluding carboxylic acids is 2. The lowest BCUT2D eigenvalue weighted by atomic mass is 10.0. The van der Waals surface area contributed by atoms with Crippen molar-refractivity contribution < 1.29 is 9.59 Å². The van der Waals surface area contributed by atoms with E-state index < -0.39 is 0 Å². The first-order valence-corrected chi connectivity index (χ1v) is 9.31. The summed E-state index contributed by atoms with van der Waals surface area (Å²) in [7, 11) is 0. The van der Waals surface area contributed by atoms with Gasteiger partial charge in [0.1, 0.15) is 0 Å². The van der Waals surface area contributed by atoms with Crippen LogP contribution in [0.5, 0.6) is 0 Å². The Morgan fingerprint density at radius 3 is 2.71 bits per heavy atom. The number of rotatable bonds is 4. The predicted molar refractivity (Wildman–Crippen MR) is 93.9 cm³/mol. The molecule has 2 amide bonds. The van der Waals surface area contributed by atoms with Crippen LogP contribution in [0.25, 0.3) is 0 Å². The first-order valence-electron chi connectivity index (χ1n) is 8.37. The van der Waals surface area contributed by atoms with Crippen LogP contribution in [0, 0.1) is 5.92 Å². The summed E-state index contributed by atoms with van der Waals surface area (Å²) < 4.78 is 0. The first kappa shape index (κ1) is 15.4. The minimum Gasteiger partial charge on any atom is -0.347 e. The number of fused-ring (bicyclic) bond motifs is 2. The van der Waals surface area contributed by atoms with Crippen molar-refractivity contribution in [3.05, 3.63) is 58.3 Å². The lowest BCUT2D eigenvalue weighted by Gasteiger charge is -2.33. The molecule has 1 aromatic carbocycles. The quantitative estimate of drug-likeness (QED) is 0.930. The van der Waals surface area contributed by atoms with Crippen LogP contribution in [0.3, 0.4) is 0 Å². The Kier molecular flexibility index (Phi) is 4.10. The van der Waals surface area contributed by atoms with Crippen molar-refractivity contribution in [1.82, 2.24) is 10.2 Å². The molecule has 124 valence electrons. The summed E-state index contributed by atoms with van der Waals surface area (Å²) in [5.41, 5.74) is 1.76. The Balaban J connectivity index is 1.41. The van der Waals surface area contributed by atoms with Crippen LogP contribution in [0.15, 0.2) is 47.2 Å². The molecule has 1 saturated heterocycles. The van der Waals surface area contributed by atoms with E-state index in [4.69, 9.17) is 0 Å². The van der Waals surface area contributed by atoms with E-state index in [1.807, 2.05) is 52.1 Å². The number of hydrogen-bond acceptors (Lipinski definition) is 3. The summed E-state index contributed by atoms with van der Waals surface area (Å²) in [5, 5.41) is 7.17.